The van der Waals surface area contributed by atoms with Crippen LogP contribution >= 0.6 is 11.6 Å². The smallest absolute Gasteiger partial charge is 0.137 e. The van der Waals surface area contributed by atoms with Crippen LogP contribution in [0.25, 0.3) is 22.3 Å². The first-order valence-corrected chi connectivity index (χ1v) is 8.50. The lowest BCUT2D eigenvalue weighted by Gasteiger charge is -2.16. The number of rotatable bonds is 4. The molecule has 4 rings (SSSR count). The van der Waals surface area contributed by atoms with Crippen molar-refractivity contribution in [3.05, 3.63) is 77.6 Å². The molecule has 0 fully saturated rings. The summed E-state index contributed by atoms with van der Waals surface area (Å²) in [5.41, 5.74) is 3.84. The Balaban J connectivity index is 1.69. The molecule has 0 saturated heterocycles. The van der Waals surface area contributed by atoms with E-state index in [0.717, 1.165) is 28.1 Å². The van der Waals surface area contributed by atoms with E-state index in [2.05, 4.69) is 34.3 Å². The lowest BCUT2D eigenvalue weighted by molar-refractivity contribution is 0.875. The summed E-state index contributed by atoms with van der Waals surface area (Å²) >= 11 is 6.34. The van der Waals surface area contributed by atoms with Crippen molar-refractivity contribution in [2.75, 3.05) is 5.32 Å². The number of aromatic amines is 1. The number of hydrogen-bond acceptors (Lipinski definition) is 3. The van der Waals surface area contributed by atoms with E-state index in [1.54, 1.807) is 6.20 Å². The lowest BCUT2D eigenvalue weighted by Crippen LogP contribution is -2.08. The van der Waals surface area contributed by atoms with Gasteiger partial charge in [0, 0.05) is 34.4 Å². The molecule has 0 aliphatic carbocycles. The zero-order valence-corrected chi connectivity index (χ0v) is 14.5. The van der Waals surface area contributed by atoms with E-state index in [9.17, 15) is 0 Å². The molecule has 0 bridgehead atoms. The largest absolute Gasteiger partial charge is 0.363 e. The highest BCUT2D eigenvalue weighted by molar-refractivity contribution is 6.31. The van der Waals surface area contributed by atoms with E-state index in [0.29, 0.717) is 5.02 Å². The zero-order chi connectivity index (χ0) is 17.2. The molecule has 0 unspecified atom stereocenters. The Labute approximate surface area is 150 Å². The number of pyridine rings is 2. The number of halogens is 1. The van der Waals surface area contributed by atoms with Crippen LogP contribution in [-0.4, -0.2) is 15.0 Å². The molecule has 124 valence electrons. The highest BCUT2D eigenvalue weighted by Gasteiger charge is 2.12. The zero-order valence-electron chi connectivity index (χ0n) is 13.7. The summed E-state index contributed by atoms with van der Waals surface area (Å²) in [5.74, 6) is 0.747. The van der Waals surface area contributed by atoms with Gasteiger partial charge in [-0.25, -0.2) is 9.97 Å². The molecule has 0 aliphatic heterocycles. The minimum Gasteiger partial charge on any atom is -0.363 e. The molecule has 1 atom stereocenters. The first-order chi connectivity index (χ1) is 12.2. The topological polar surface area (TPSA) is 53.6 Å². The fourth-order valence-electron chi connectivity index (χ4n) is 2.92. The average molecular weight is 349 g/mol. The summed E-state index contributed by atoms with van der Waals surface area (Å²) in [6, 6.07) is 18.0. The number of benzene rings is 1. The van der Waals surface area contributed by atoms with Crippen LogP contribution in [0.1, 0.15) is 18.5 Å². The van der Waals surface area contributed by atoms with Crippen LogP contribution in [-0.2, 0) is 0 Å². The van der Waals surface area contributed by atoms with Crippen LogP contribution in [0.3, 0.4) is 0 Å². The van der Waals surface area contributed by atoms with Crippen LogP contribution in [0.4, 0.5) is 5.82 Å². The van der Waals surface area contributed by atoms with E-state index in [4.69, 9.17) is 16.6 Å². The maximum Gasteiger partial charge on any atom is 0.137 e. The number of nitrogens with one attached hydrogen (secondary N) is 2. The van der Waals surface area contributed by atoms with E-state index >= 15 is 0 Å². The van der Waals surface area contributed by atoms with Gasteiger partial charge in [0.25, 0.3) is 0 Å². The van der Waals surface area contributed by atoms with Crippen molar-refractivity contribution in [1.82, 2.24) is 15.0 Å². The molecule has 4 nitrogen and oxygen atoms in total. The lowest BCUT2D eigenvalue weighted by atomic mass is 10.1. The minimum absolute atomic E-state index is 0.129. The van der Waals surface area contributed by atoms with Gasteiger partial charge in [0.05, 0.1) is 5.69 Å². The molecule has 0 amide bonds. The van der Waals surface area contributed by atoms with Gasteiger partial charge in [0.1, 0.15) is 11.5 Å². The Hall–Kier alpha value is -2.85. The first-order valence-electron chi connectivity index (χ1n) is 8.12. The molecule has 3 heterocycles. The fraction of sp³-hybridized carbons (Fsp3) is 0.100. The monoisotopic (exact) mass is 348 g/mol. The van der Waals surface area contributed by atoms with Gasteiger partial charge in [-0.05, 0) is 36.8 Å². The number of nitrogens with zero attached hydrogens (tertiary/aromatic N) is 2. The fourth-order valence-corrected chi connectivity index (χ4v) is 3.13. The standard InChI is InChI=1S/C20H17ClN4/c1-13(14-6-3-2-4-7-14)24-19-11-15(21)10-18(25-19)17-12-23-20-16(17)8-5-9-22-20/h2-13H,1H3,(H,22,23)(H,24,25)/t13-/m1/s1. The average Bonchev–Trinajstić information content (AvgIpc) is 3.06. The predicted molar refractivity (Wildman–Crippen MR) is 103 cm³/mol. The normalized spacial score (nSPS) is 12.2. The molecule has 4 aromatic rings. The summed E-state index contributed by atoms with van der Waals surface area (Å²) in [7, 11) is 0. The summed E-state index contributed by atoms with van der Waals surface area (Å²) in [5, 5.41) is 5.10. The van der Waals surface area contributed by atoms with Crippen molar-refractivity contribution < 1.29 is 0 Å². The maximum atomic E-state index is 6.34. The van der Waals surface area contributed by atoms with Gasteiger partial charge in [0.15, 0.2) is 0 Å². The molecule has 1 aromatic carbocycles. The number of fused-ring (bicyclic) bond motifs is 1. The molecular weight excluding hydrogens is 332 g/mol. The minimum atomic E-state index is 0.129. The van der Waals surface area contributed by atoms with Crippen molar-refractivity contribution >= 4 is 28.5 Å². The quantitative estimate of drug-likeness (QED) is 0.515. The Bertz CT molecular complexity index is 1010. The Morgan fingerprint density at radius 1 is 1.08 bits per heavy atom. The predicted octanol–water partition coefficient (Wildman–Crippen LogP) is 5.45. The van der Waals surface area contributed by atoms with Crippen LogP contribution in [0.2, 0.25) is 5.02 Å². The van der Waals surface area contributed by atoms with Gasteiger partial charge in [-0.3, -0.25) is 0 Å². The Kier molecular flexibility index (Phi) is 4.12. The number of anilines is 1. The molecule has 3 aromatic heterocycles. The highest BCUT2D eigenvalue weighted by atomic mass is 35.5. The van der Waals surface area contributed by atoms with Crippen molar-refractivity contribution in [2.24, 2.45) is 0 Å². The summed E-state index contributed by atoms with van der Waals surface area (Å²) in [6.45, 7) is 2.10. The summed E-state index contributed by atoms with van der Waals surface area (Å²) < 4.78 is 0. The van der Waals surface area contributed by atoms with E-state index in [-0.39, 0.29) is 6.04 Å². The molecule has 2 N–H and O–H groups in total. The number of hydrogen-bond donors (Lipinski definition) is 2. The van der Waals surface area contributed by atoms with Crippen LogP contribution in [0.5, 0.6) is 0 Å². The second-order valence-corrected chi connectivity index (χ2v) is 6.37. The molecule has 25 heavy (non-hydrogen) atoms. The van der Waals surface area contributed by atoms with Crippen LogP contribution < -0.4 is 5.32 Å². The van der Waals surface area contributed by atoms with Gasteiger partial charge in [-0.2, -0.15) is 0 Å². The summed E-state index contributed by atoms with van der Waals surface area (Å²) in [4.78, 5) is 12.3. The van der Waals surface area contributed by atoms with Crippen LogP contribution in [0, 0.1) is 0 Å². The Morgan fingerprint density at radius 3 is 2.76 bits per heavy atom. The van der Waals surface area contributed by atoms with Gasteiger partial charge in [-0.15, -0.1) is 0 Å². The Morgan fingerprint density at radius 2 is 1.92 bits per heavy atom. The number of aromatic nitrogens is 3. The molecular formula is C20H17ClN4. The third-order valence-corrected chi connectivity index (χ3v) is 4.40. The van der Waals surface area contributed by atoms with Crippen molar-refractivity contribution in [3.8, 4) is 11.3 Å². The molecule has 0 radical (unpaired) electrons. The van der Waals surface area contributed by atoms with Gasteiger partial charge >= 0.3 is 0 Å². The SMILES string of the molecule is C[C@@H](Nc1cc(Cl)cc(-c2c[nH]c3ncccc23)n1)c1ccccc1. The van der Waals surface area contributed by atoms with Crippen molar-refractivity contribution in [2.45, 2.75) is 13.0 Å². The van der Waals surface area contributed by atoms with Crippen LogP contribution in [0.15, 0.2) is 67.0 Å². The first kappa shape index (κ1) is 15.7. The van der Waals surface area contributed by atoms with Gasteiger partial charge < -0.3 is 10.3 Å². The van der Waals surface area contributed by atoms with E-state index < -0.39 is 0 Å². The third-order valence-electron chi connectivity index (χ3n) is 4.18. The maximum absolute atomic E-state index is 6.34. The van der Waals surface area contributed by atoms with Gasteiger partial charge in [-0.1, -0.05) is 41.9 Å². The van der Waals surface area contributed by atoms with Crippen molar-refractivity contribution in [3.63, 3.8) is 0 Å². The number of H-pyrrole nitrogens is 1. The highest BCUT2D eigenvalue weighted by Crippen LogP contribution is 2.30. The van der Waals surface area contributed by atoms with Gasteiger partial charge in [0.2, 0.25) is 0 Å². The molecule has 0 saturated carbocycles. The molecule has 5 heteroatoms. The summed E-state index contributed by atoms with van der Waals surface area (Å²) in [6.07, 6.45) is 3.68. The van der Waals surface area contributed by atoms with E-state index in [1.165, 1.54) is 5.56 Å². The molecule has 0 spiro atoms. The molecule has 0 aliphatic rings. The van der Waals surface area contributed by atoms with Crippen molar-refractivity contribution in [1.29, 1.82) is 0 Å². The van der Waals surface area contributed by atoms with E-state index in [1.807, 2.05) is 48.7 Å². The third kappa shape index (κ3) is 3.21. The second kappa shape index (κ2) is 6.57. The second-order valence-electron chi connectivity index (χ2n) is 5.93.